The lowest BCUT2D eigenvalue weighted by Crippen LogP contribution is -2.49. The van der Waals surface area contributed by atoms with Crippen LogP contribution in [0.4, 0.5) is 0 Å². The van der Waals surface area contributed by atoms with E-state index in [4.69, 9.17) is 9.84 Å². The fourth-order valence-electron chi connectivity index (χ4n) is 2.37. The van der Waals surface area contributed by atoms with Crippen molar-refractivity contribution in [2.24, 2.45) is 5.92 Å². The Bertz CT molecular complexity index is 814. The van der Waals surface area contributed by atoms with Crippen LogP contribution in [0.5, 0.6) is 5.75 Å². The average Bonchev–Trinajstić information content (AvgIpc) is 3.13. The third-order valence-corrected chi connectivity index (χ3v) is 4.97. The molecule has 1 heterocycles. The summed E-state index contributed by atoms with van der Waals surface area (Å²) in [5, 5.41) is 14.4. The minimum atomic E-state index is -0.996. The molecule has 2 aromatic rings. The van der Waals surface area contributed by atoms with Gasteiger partial charge in [-0.1, -0.05) is 13.8 Å². The van der Waals surface area contributed by atoms with Crippen LogP contribution >= 0.6 is 11.3 Å². The molecule has 0 fully saturated rings. The van der Waals surface area contributed by atoms with Crippen LogP contribution in [0, 0.1) is 5.92 Å². The monoisotopic (exact) mass is 390 g/mol. The van der Waals surface area contributed by atoms with Gasteiger partial charge in [0, 0.05) is 10.4 Å². The Morgan fingerprint density at radius 1 is 1.11 bits per heavy atom. The second-order valence-electron chi connectivity index (χ2n) is 6.21. The van der Waals surface area contributed by atoms with Crippen molar-refractivity contribution < 1.29 is 24.2 Å². The molecule has 0 aliphatic rings. The number of benzene rings is 1. The lowest BCUT2D eigenvalue weighted by Gasteiger charge is -2.21. The number of carbonyl (C=O) groups is 3. The average molecular weight is 390 g/mol. The predicted octanol–water partition coefficient (Wildman–Crippen LogP) is 2.53. The molecule has 0 saturated heterocycles. The van der Waals surface area contributed by atoms with E-state index < -0.39 is 12.0 Å². The molecule has 0 aliphatic heterocycles. The first-order chi connectivity index (χ1) is 12.8. The molecule has 0 saturated carbocycles. The molecule has 27 heavy (non-hydrogen) atoms. The quantitative estimate of drug-likeness (QED) is 0.642. The van der Waals surface area contributed by atoms with Crippen molar-refractivity contribution in [3.05, 3.63) is 51.7 Å². The van der Waals surface area contributed by atoms with Crippen LogP contribution in [0.2, 0.25) is 0 Å². The summed E-state index contributed by atoms with van der Waals surface area (Å²) in [5.74, 6) is -1.15. The number of ether oxygens (including phenoxy) is 1. The summed E-state index contributed by atoms with van der Waals surface area (Å²) in [7, 11) is 1.54. The number of methoxy groups -OCH3 is 1. The zero-order valence-corrected chi connectivity index (χ0v) is 16.1. The summed E-state index contributed by atoms with van der Waals surface area (Å²) in [5.41, 5.74) is 0.429. The Labute approximate surface area is 161 Å². The first-order valence-corrected chi connectivity index (χ1v) is 9.18. The highest BCUT2D eigenvalue weighted by Crippen LogP contribution is 2.16. The van der Waals surface area contributed by atoms with Crippen LogP contribution in [0.25, 0.3) is 0 Å². The maximum atomic E-state index is 12.5. The zero-order chi connectivity index (χ0) is 20.0. The molecule has 144 valence electrons. The van der Waals surface area contributed by atoms with Crippen molar-refractivity contribution in [3.8, 4) is 5.75 Å². The fraction of sp³-hybridized carbons (Fsp3) is 0.316. The molecule has 1 atom stereocenters. The third-order valence-electron chi connectivity index (χ3n) is 3.90. The second kappa shape index (κ2) is 9.18. The maximum absolute atomic E-state index is 12.5. The van der Waals surface area contributed by atoms with Gasteiger partial charge >= 0.3 is 5.97 Å². The van der Waals surface area contributed by atoms with Crippen LogP contribution in [-0.4, -0.2) is 36.0 Å². The molecule has 2 rings (SSSR count). The number of amides is 2. The van der Waals surface area contributed by atoms with E-state index in [0.29, 0.717) is 11.3 Å². The Morgan fingerprint density at radius 3 is 2.30 bits per heavy atom. The van der Waals surface area contributed by atoms with Crippen molar-refractivity contribution in [1.29, 1.82) is 0 Å². The molecule has 0 bridgehead atoms. The summed E-state index contributed by atoms with van der Waals surface area (Å²) in [4.78, 5) is 36.8. The van der Waals surface area contributed by atoms with Gasteiger partial charge in [-0.3, -0.25) is 9.59 Å². The molecule has 2 amide bonds. The molecule has 0 radical (unpaired) electrons. The number of rotatable bonds is 8. The molecular weight excluding hydrogens is 368 g/mol. The molecule has 1 unspecified atom stereocenters. The van der Waals surface area contributed by atoms with Gasteiger partial charge in [0.2, 0.25) is 5.91 Å². The Morgan fingerprint density at radius 2 is 1.78 bits per heavy atom. The van der Waals surface area contributed by atoms with Gasteiger partial charge < -0.3 is 20.5 Å². The molecule has 7 nitrogen and oxygen atoms in total. The van der Waals surface area contributed by atoms with Gasteiger partial charge in [0.25, 0.3) is 5.91 Å². The Hall–Kier alpha value is -2.87. The van der Waals surface area contributed by atoms with E-state index in [1.807, 2.05) is 13.8 Å². The lowest BCUT2D eigenvalue weighted by atomic mass is 10.0. The molecule has 1 aromatic heterocycles. The molecule has 0 spiro atoms. The van der Waals surface area contributed by atoms with Crippen LogP contribution < -0.4 is 15.4 Å². The minimum Gasteiger partial charge on any atom is -0.497 e. The van der Waals surface area contributed by atoms with Crippen molar-refractivity contribution in [2.75, 3.05) is 7.11 Å². The summed E-state index contributed by atoms with van der Waals surface area (Å²) >= 11 is 1.10. The largest absolute Gasteiger partial charge is 0.497 e. The van der Waals surface area contributed by atoms with E-state index in [0.717, 1.165) is 16.2 Å². The van der Waals surface area contributed by atoms with Gasteiger partial charge in [-0.25, -0.2) is 4.79 Å². The van der Waals surface area contributed by atoms with E-state index in [1.54, 1.807) is 37.4 Å². The minimum absolute atomic E-state index is 0.120. The van der Waals surface area contributed by atoms with Gasteiger partial charge in [-0.2, -0.15) is 0 Å². The SMILES string of the molecule is COc1ccc(C(=O)NC(C(=O)NCc2ccc(C(=O)O)s2)C(C)C)cc1. The maximum Gasteiger partial charge on any atom is 0.345 e. The number of aromatic carboxylic acids is 1. The highest BCUT2D eigenvalue weighted by molar-refractivity contribution is 7.13. The van der Waals surface area contributed by atoms with Crippen molar-refractivity contribution >= 4 is 29.1 Å². The molecule has 0 aliphatic carbocycles. The fourth-order valence-corrected chi connectivity index (χ4v) is 3.16. The number of thiophene rings is 1. The molecular formula is C19H22N2O5S. The highest BCUT2D eigenvalue weighted by atomic mass is 32.1. The number of hydrogen-bond donors (Lipinski definition) is 3. The van der Waals surface area contributed by atoms with Crippen LogP contribution in [0.1, 0.15) is 38.8 Å². The normalized spacial score (nSPS) is 11.7. The van der Waals surface area contributed by atoms with Crippen molar-refractivity contribution in [3.63, 3.8) is 0 Å². The topological polar surface area (TPSA) is 105 Å². The van der Waals surface area contributed by atoms with Crippen molar-refractivity contribution in [1.82, 2.24) is 10.6 Å². The van der Waals surface area contributed by atoms with Gasteiger partial charge in [0.15, 0.2) is 0 Å². The smallest absolute Gasteiger partial charge is 0.345 e. The number of nitrogens with one attached hydrogen (secondary N) is 2. The Balaban J connectivity index is 1.98. The van der Waals surface area contributed by atoms with E-state index in [-0.39, 0.29) is 29.2 Å². The van der Waals surface area contributed by atoms with Gasteiger partial charge in [-0.15, -0.1) is 11.3 Å². The standard InChI is InChI=1S/C19H22N2O5S/c1-11(2)16(21-17(22)12-4-6-13(26-3)7-5-12)18(23)20-10-14-8-9-15(27-14)19(24)25/h4-9,11,16H,10H2,1-3H3,(H,20,23)(H,21,22)(H,24,25). The second-order valence-corrected chi connectivity index (χ2v) is 7.38. The first kappa shape index (κ1) is 20.4. The van der Waals surface area contributed by atoms with Crippen LogP contribution in [-0.2, 0) is 11.3 Å². The highest BCUT2D eigenvalue weighted by Gasteiger charge is 2.24. The van der Waals surface area contributed by atoms with E-state index in [1.165, 1.54) is 6.07 Å². The number of carboxylic acid groups (broad SMARTS) is 1. The first-order valence-electron chi connectivity index (χ1n) is 8.36. The van der Waals surface area contributed by atoms with E-state index in [2.05, 4.69) is 10.6 Å². The number of carboxylic acids is 1. The summed E-state index contributed by atoms with van der Waals surface area (Å²) in [6, 6.07) is 9.06. The summed E-state index contributed by atoms with van der Waals surface area (Å²) in [6.45, 7) is 3.89. The van der Waals surface area contributed by atoms with Crippen molar-refractivity contribution in [2.45, 2.75) is 26.4 Å². The molecule has 8 heteroatoms. The van der Waals surface area contributed by atoms with Crippen LogP contribution in [0.3, 0.4) is 0 Å². The molecule has 3 N–H and O–H groups in total. The van der Waals surface area contributed by atoms with E-state index >= 15 is 0 Å². The number of hydrogen-bond acceptors (Lipinski definition) is 5. The Kier molecular flexibility index (Phi) is 6.95. The van der Waals surface area contributed by atoms with Gasteiger partial charge in [0.1, 0.15) is 16.7 Å². The third kappa shape index (κ3) is 5.55. The number of carbonyl (C=O) groups excluding carboxylic acids is 2. The summed E-state index contributed by atoms with van der Waals surface area (Å²) < 4.78 is 5.07. The van der Waals surface area contributed by atoms with Crippen LogP contribution in [0.15, 0.2) is 36.4 Å². The molecule has 1 aromatic carbocycles. The van der Waals surface area contributed by atoms with Gasteiger partial charge in [-0.05, 0) is 42.3 Å². The summed E-state index contributed by atoms with van der Waals surface area (Å²) in [6.07, 6.45) is 0. The predicted molar refractivity (Wildman–Crippen MR) is 102 cm³/mol. The van der Waals surface area contributed by atoms with Gasteiger partial charge in [0.05, 0.1) is 13.7 Å². The van der Waals surface area contributed by atoms with E-state index in [9.17, 15) is 14.4 Å². The zero-order valence-electron chi connectivity index (χ0n) is 15.3. The lowest BCUT2D eigenvalue weighted by molar-refractivity contribution is -0.124.